The van der Waals surface area contributed by atoms with Crippen LogP contribution in [0.1, 0.15) is 56.2 Å². The Labute approximate surface area is 156 Å². The van der Waals surface area contributed by atoms with E-state index in [1.54, 1.807) is 12.1 Å². The van der Waals surface area contributed by atoms with E-state index in [0.717, 1.165) is 42.4 Å². The summed E-state index contributed by atoms with van der Waals surface area (Å²) in [5, 5.41) is 29.0. The van der Waals surface area contributed by atoms with Crippen LogP contribution in [0.5, 0.6) is 11.5 Å². The number of hydrogen-bond donors (Lipinski definition) is 3. The second kappa shape index (κ2) is 9.25. The first-order valence-electron chi connectivity index (χ1n) is 9.08. The molecule has 2 rings (SSSR count). The summed E-state index contributed by atoms with van der Waals surface area (Å²) >= 11 is 0. The van der Waals surface area contributed by atoms with Crippen molar-refractivity contribution in [1.29, 1.82) is 0 Å². The van der Waals surface area contributed by atoms with Crippen LogP contribution < -0.4 is 0 Å². The molecule has 2 aromatic carbocycles. The maximum Gasteiger partial charge on any atom is 0.119 e. The molecule has 0 aromatic heterocycles. The van der Waals surface area contributed by atoms with Gasteiger partial charge in [-0.25, -0.2) is 0 Å². The molecule has 1 atom stereocenters. The molecule has 0 aliphatic rings. The second-order valence-corrected chi connectivity index (χ2v) is 6.93. The lowest BCUT2D eigenvalue weighted by molar-refractivity contribution is 0.0452. The van der Waals surface area contributed by atoms with Crippen molar-refractivity contribution in [3.63, 3.8) is 0 Å². The highest BCUT2D eigenvalue weighted by Gasteiger charge is 2.15. The Morgan fingerprint density at radius 3 is 2.15 bits per heavy atom. The van der Waals surface area contributed by atoms with Crippen LogP contribution in [-0.4, -0.2) is 20.9 Å². The summed E-state index contributed by atoms with van der Waals surface area (Å²) in [5.41, 5.74) is 2.35. The van der Waals surface area contributed by atoms with Crippen LogP contribution in [0.3, 0.4) is 0 Å². The molecular weight excluding hydrogens is 324 g/mol. The van der Waals surface area contributed by atoms with Crippen molar-refractivity contribution in [3.05, 3.63) is 65.2 Å². The van der Waals surface area contributed by atoms with Crippen LogP contribution in [0, 0.1) is 0 Å². The van der Waals surface area contributed by atoms with Gasteiger partial charge < -0.3 is 15.3 Å². The van der Waals surface area contributed by atoms with E-state index in [2.05, 4.69) is 24.3 Å². The van der Waals surface area contributed by atoms with Crippen molar-refractivity contribution in [3.8, 4) is 11.5 Å². The molecule has 0 saturated carbocycles. The molecule has 0 bridgehead atoms. The van der Waals surface area contributed by atoms with E-state index < -0.39 is 5.60 Å². The number of hydrogen-bond acceptors (Lipinski definition) is 3. The molecule has 138 valence electrons. The summed E-state index contributed by atoms with van der Waals surface area (Å²) in [6.45, 7) is 3.89. The summed E-state index contributed by atoms with van der Waals surface area (Å²) in [6.07, 6.45) is 11.5. The lowest BCUT2D eigenvalue weighted by Gasteiger charge is -2.20. The predicted molar refractivity (Wildman–Crippen MR) is 109 cm³/mol. The van der Waals surface area contributed by atoms with Gasteiger partial charge in [0.2, 0.25) is 0 Å². The van der Waals surface area contributed by atoms with Gasteiger partial charge in [0, 0.05) is 6.07 Å². The molecule has 0 aliphatic carbocycles. The highest BCUT2D eigenvalue weighted by atomic mass is 16.3. The third-order valence-corrected chi connectivity index (χ3v) is 4.46. The number of benzene rings is 2. The summed E-state index contributed by atoms with van der Waals surface area (Å²) < 4.78 is 0. The molecule has 0 fully saturated rings. The molecule has 26 heavy (non-hydrogen) atoms. The van der Waals surface area contributed by atoms with E-state index in [4.69, 9.17) is 0 Å². The zero-order valence-corrected chi connectivity index (χ0v) is 15.5. The smallest absolute Gasteiger partial charge is 0.119 e. The fourth-order valence-corrected chi connectivity index (χ4v) is 2.67. The molecule has 1 unspecified atom stereocenters. The van der Waals surface area contributed by atoms with E-state index in [-0.39, 0.29) is 11.5 Å². The maximum absolute atomic E-state index is 10.0. The maximum atomic E-state index is 10.0. The number of allylic oxidation sites excluding steroid dienone is 1. The van der Waals surface area contributed by atoms with E-state index in [9.17, 15) is 15.3 Å². The quantitative estimate of drug-likeness (QED) is 0.427. The first-order chi connectivity index (χ1) is 12.4. The minimum absolute atomic E-state index is 0.0448. The fraction of sp³-hybridized carbons (Fsp3) is 0.304. The average molecular weight is 352 g/mol. The Bertz CT molecular complexity index is 753. The summed E-state index contributed by atoms with van der Waals surface area (Å²) in [6, 6.07) is 12.7. The Kier molecular flexibility index (Phi) is 7.05. The molecule has 0 radical (unpaired) electrons. The average Bonchev–Trinajstić information content (AvgIpc) is 2.59. The highest BCUT2D eigenvalue weighted by molar-refractivity contribution is 5.72. The molecule has 3 heteroatoms. The van der Waals surface area contributed by atoms with Gasteiger partial charge in [-0.05, 0) is 67.5 Å². The van der Waals surface area contributed by atoms with Crippen molar-refractivity contribution < 1.29 is 15.3 Å². The van der Waals surface area contributed by atoms with Gasteiger partial charge in [0.1, 0.15) is 11.5 Å². The minimum atomic E-state index is -0.557. The van der Waals surface area contributed by atoms with Crippen molar-refractivity contribution >= 4 is 18.2 Å². The van der Waals surface area contributed by atoms with Crippen LogP contribution in [0.2, 0.25) is 0 Å². The molecule has 0 saturated heterocycles. The van der Waals surface area contributed by atoms with Crippen LogP contribution in [-0.2, 0) is 0 Å². The Balaban J connectivity index is 1.95. The van der Waals surface area contributed by atoms with Gasteiger partial charge in [-0.3, -0.25) is 0 Å². The monoisotopic (exact) mass is 352 g/mol. The molecule has 0 heterocycles. The third-order valence-electron chi connectivity index (χ3n) is 4.46. The highest BCUT2D eigenvalue weighted by Crippen LogP contribution is 2.22. The van der Waals surface area contributed by atoms with Gasteiger partial charge in [0.15, 0.2) is 0 Å². The first kappa shape index (κ1) is 19.8. The zero-order chi connectivity index (χ0) is 19.0. The summed E-state index contributed by atoms with van der Waals surface area (Å²) in [4.78, 5) is 0. The van der Waals surface area contributed by atoms with Crippen molar-refractivity contribution in [2.75, 3.05) is 0 Å². The van der Waals surface area contributed by atoms with Crippen LogP contribution in [0.15, 0.2) is 48.5 Å². The van der Waals surface area contributed by atoms with Crippen LogP contribution in [0.4, 0.5) is 0 Å². The second-order valence-electron chi connectivity index (χ2n) is 6.93. The molecule has 0 amide bonds. The lowest BCUT2D eigenvalue weighted by Crippen LogP contribution is -2.21. The summed E-state index contributed by atoms with van der Waals surface area (Å²) in [7, 11) is 0. The Morgan fingerprint density at radius 2 is 1.50 bits per heavy atom. The van der Waals surface area contributed by atoms with E-state index in [0.29, 0.717) is 0 Å². The van der Waals surface area contributed by atoms with Crippen molar-refractivity contribution in [1.82, 2.24) is 0 Å². The molecule has 2 aromatic rings. The van der Waals surface area contributed by atoms with Gasteiger partial charge in [-0.15, -0.1) is 0 Å². The number of aromatic hydroxyl groups is 2. The number of aliphatic hydroxyl groups is 1. The topological polar surface area (TPSA) is 60.7 Å². The SMILES string of the molecule is CCC(C)(O)CCCC=Cc1cccc(C=Cc2cc(O)cc(O)c2)c1. The zero-order valence-electron chi connectivity index (χ0n) is 15.5. The lowest BCUT2D eigenvalue weighted by atomic mass is 9.96. The molecule has 0 aliphatic heterocycles. The third kappa shape index (κ3) is 6.77. The Morgan fingerprint density at radius 1 is 0.885 bits per heavy atom. The standard InChI is InChI=1S/C23H28O3/c1-3-23(2,26)13-6-4-5-8-18-9-7-10-19(14-18)11-12-20-15-21(24)17-22(25)16-20/h5,7-12,14-17,24-26H,3-4,6,13H2,1-2H3. The van der Waals surface area contributed by atoms with Gasteiger partial charge in [-0.2, -0.15) is 0 Å². The number of phenols is 2. The Hall–Kier alpha value is -2.52. The number of phenolic OH excluding ortho intramolecular Hbond substituents is 2. The van der Waals surface area contributed by atoms with E-state index in [1.807, 2.05) is 38.1 Å². The largest absolute Gasteiger partial charge is 0.508 e. The molecule has 3 nitrogen and oxygen atoms in total. The van der Waals surface area contributed by atoms with Gasteiger partial charge >= 0.3 is 0 Å². The van der Waals surface area contributed by atoms with E-state index >= 15 is 0 Å². The van der Waals surface area contributed by atoms with Gasteiger partial charge in [0.05, 0.1) is 5.60 Å². The summed E-state index contributed by atoms with van der Waals surface area (Å²) in [5.74, 6) is 0.0896. The van der Waals surface area contributed by atoms with Crippen molar-refractivity contribution in [2.24, 2.45) is 0 Å². The molecule has 3 N–H and O–H groups in total. The normalized spacial score (nSPS) is 14.1. The molecular formula is C23H28O3. The fourth-order valence-electron chi connectivity index (χ4n) is 2.67. The van der Waals surface area contributed by atoms with Gasteiger partial charge in [-0.1, -0.05) is 49.4 Å². The molecule has 0 spiro atoms. The predicted octanol–water partition coefficient (Wildman–Crippen LogP) is 5.61. The van der Waals surface area contributed by atoms with E-state index in [1.165, 1.54) is 6.07 Å². The first-order valence-corrected chi connectivity index (χ1v) is 9.08. The van der Waals surface area contributed by atoms with Gasteiger partial charge in [0.25, 0.3) is 0 Å². The minimum Gasteiger partial charge on any atom is -0.508 e. The van der Waals surface area contributed by atoms with Crippen molar-refractivity contribution in [2.45, 2.75) is 45.1 Å². The van der Waals surface area contributed by atoms with Crippen LogP contribution >= 0.6 is 0 Å². The number of unbranched alkanes of at least 4 members (excludes halogenated alkanes) is 1. The van der Waals surface area contributed by atoms with Crippen LogP contribution in [0.25, 0.3) is 18.2 Å². The number of rotatable bonds is 8.